The second-order valence-corrected chi connectivity index (χ2v) is 3.40. The third-order valence-electron chi connectivity index (χ3n) is 2.28. The minimum Gasteiger partial charge on any atom is -0.358 e. The topological polar surface area (TPSA) is 84.8 Å². The fourth-order valence-corrected chi connectivity index (χ4v) is 1.48. The third-order valence-corrected chi connectivity index (χ3v) is 2.28. The molecular formula is C11H8N4O2. The summed E-state index contributed by atoms with van der Waals surface area (Å²) in [5.41, 5.74) is 1.33. The van der Waals surface area contributed by atoms with E-state index in [0.29, 0.717) is 12.1 Å². The molecule has 1 aromatic carbocycles. The van der Waals surface area contributed by atoms with Crippen LogP contribution in [0.5, 0.6) is 0 Å². The lowest BCUT2D eigenvalue weighted by molar-refractivity contribution is -0.389. The molecular weight excluding hydrogens is 220 g/mol. The highest BCUT2D eigenvalue weighted by Crippen LogP contribution is 2.11. The zero-order valence-corrected chi connectivity index (χ0v) is 8.78. The van der Waals surface area contributed by atoms with Crippen molar-refractivity contribution in [1.82, 2.24) is 9.78 Å². The molecule has 17 heavy (non-hydrogen) atoms. The number of hydrogen-bond acceptors (Lipinski definition) is 4. The summed E-state index contributed by atoms with van der Waals surface area (Å²) in [5.74, 6) is -0.195. The van der Waals surface area contributed by atoms with E-state index in [1.165, 1.54) is 16.9 Å². The Morgan fingerprint density at radius 3 is 2.82 bits per heavy atom. The van der Waals surface area contributed by atoms with Crippen LogP contribution < -0.4 is 0 Å². The van der Waals surface area contributed by atoms with Crippen LogP contribution >= 0.6 is 0 Å². The maximum absolute atomic E-state index is 10.5. The van der Waals surface area contributed by atoms with E-state index < -0.39 is 4.92 Å². The molecule has 0 amide bonds. The van der Waals surface area contributed by atoms with Crippen LogP contribution in [0, 0.1) is 21.4 Å². The van der Waals surface area contributed by atoms with Crippen LogP contribution in [-0.2, 0) is 6.54 Å². The molecule has 84 valence electrons. The Hall–Kier alpha value is -2.68. The van der Waals surface area contributed by atoms with Crippen molar-refractivity contribution in [3.05, 3.63) is 57.8 Å². The normalized spacial score (nSPS) is 9.82. The Morgan fingerprint density at radius 2 is 2.18 bits per heavy atom. The lowest BCUT2D eigenvalue weighted by atomic mass is 10.1. The summed E-state index contributed by atoms with van der Waals surface area (Å²) in [4.78, 5) is 9.92. The zero-order valence-electron chi connectivity index (χ0n) is 8.78. The summed E-state index contributed by atoms with van der Waals surface area (Å²) >= 11 is 0. The van der Waals surface area contributed by atoms with Gasteiger partial charge in [-0.3, -0.25) is 0 Å². The molecule has 0 N–H and O–H groups in total. The fourth-order valence-electron chi connectivity index (χ4n) is 1.48. The summed E-state index contributed by atoms with van der Waals surface area (Å²) in [5, 5.41) is 23.2. The maximum atomic E-state index is 10.5. The van der Waals surface area contributed by atoms with Crippen molar-refractivity contribution in [3.63, 3.8) is 0 Å². The van der Waals surface area contributed by atoms with Crippen molar-refractivity contribution in [2.75, 3.05) is 0 Å². The van der Waals surface area contributed by atoms with Gasteiger partial charge in [0.25, 0.3) is 0 Å². The zero-order chi connectivity index (χ0) is 12.3. The highest BCUT2D eigenvalue weighted by atomic mass is 16.6. The minimum atomic E-state index is -0.549. The second kappa shape index (κ2) is 4.45. The van der Waals surface area contributed by atoms with Gasteiger partial charge in [0.2, 0.25) is 0 Å². The van der Waals surface area contributed by atoms with Crippen LogP contribution in [0.15, 0.2) is 36.5 Å². The molecule has 0 bridgehead atoms. The quantitative estimate of drug-likeness (QED) is 0.591. The molecule has 0 aliphatic carbocycles. The van der Waals surface area contributed by atoms with E-state index in [1.54, 1.807) is 18.2 Å². The second-order valence-electron chi connectivity index (χ2n) is 3.40. The van der Waals surface area contributed by atoms with Crippen LogP contribution in [0.4, 0.5) is 5.82 Å². The van der Waals surface area contributed by atoms with Gasteiger partial charge in [-0.1, -0.05) is 18.2 Å². The molecule has 0 saturated carbocycles. The summed E-state index contributed by atoms with van der Waals surface area (Å²) < 4.78 is 1.44. The van der Waals surface area contributed by atoms with Gasteiger partial charge in [0, 0.05) is 0 Å². The SMILES string of the molecule is N#Cc1ccccc1Cn1ccc([N+](=O)[O-])n1. The molecule has 2 aromatic rings. The van der Waals surface area contributed by atoms with Crippen molar-refractivity contribution in [2.45, 2.75) is 6.54 Å². The van der Waals surface area contributed by atoms with Gasteiger partial charge in [-0.05, 0) is 16.6 Å². The monoisotopic (exact) mass is 228 g/mol. The predicted octanol–water partition coefficient (Wildman–Crippen LogP) is 1.71. The van der Waals surface area contributed by atoms with Gasteiger partial charge in [0.05, 0.1) is 35.5 Å². The van der Waals surface area contributed by atoms with E-state index in [9.17, 15) is 10.1 Å². The van der Waals surface area contributed by atoms with E-state index >= 15 is 0 Å². The first kappa shape index (κ1) is 10.8. The molecule has 0 aliphatic heterocycles. The lowest BCUT2D eigenvalue weighted by Crippen LogP contribution is -2.03. The van der Waals surface area contributed by atoms with Crippen molar-refractivity contribution >= 4 is 5.82 Å². The van der Waals surface area contributed by atoms with Crippen molar-refractivity contribution in [1.29, 1.82) is 5.26 Å². The first-order chi connectivity index (χ1) is 8.20. The molecule has 2 rings (SSSR count). The number of nitrogens with zero attached hydrogens (tertiary/aromatic N) is 4. The van der Waals surface area contributed by atoms with E-state index in [4.69, 9.17) is 5.26 Å². The number of rotatable bonds is 3. The standard InChI is InChI=1S/C11H8N4O2/c12-7-9-3-1-2-4-10(9)8-14-6-5-11(13-14)15(16)17/h1-6H,8H2. The smallest absolute Gasteiger partial charge is 0.358 e. The molecule has 0 fully saturated rings. The Bertz CT molecular complexity index is 598. The molecule has 1 heterocycles. The number of hydrogen-bond donors (Lipinski definition) is 0. The molecule has 0 saturated heterocycles. The molecule has 1 aromatic heterocycles. The van der Waals surface area contributed by atoms with E-state index in [1.807, 2.05) is 6.07 Å². The number of benzene rings is 1. The number of nitriles is 1. The molecule has 0 aliphatic rings. The van der Waals surface area contributed by atoms with Crippen molar-refractivity contribution in [3.8, 4) is 6.07 Å². The lowest BCUT2D eigenvalue weighted by Gasteiger charge is -2.00. The van der Waals surface area contributed by atoms with Gasteiger partial charge in [-0.25, -0.2) is 0 Å². The molecule has 0 spiro atoms. The van der Waals surface area contributed by atoms with Gasteiger partial charge in [0.1, 0.15) is 0 Å². The molecule has 0 atom stereocenters. The van der Waals surface area contributed by atoms with Gasteiger partial charge in [-0.15, -0.1) is 0 Å². The van der Waals surface area contributed by atoms with Crippen LogP contribution in [0.3, 0.4) is 0 Å². The Balaban J connectivity index is 2.26. The average Bonchev–Trinajstić information content (AvgIpc) is 2.78. The van der Waals surface area contributed by atoms with Gasteiger partial charge < -0.3 is 10.1 Å². The summed E-state index contributed by atoms with van der Waals surface area (Å²) in [6.45, 7) is 0.345. The van der Waals surface area contributed by atoms with Gasteiger partial charge in [-0.2, -0.15) is 9.94 Å². The number of aromatic nitrogens is 2. The Kier molecular flexibility index (Phi) is 2.83. The Morgan fingerprint density at radius 1 is 1.41 bits per heavy atom. The van der Waals surface area contributed by atoms with Gasteiger partial charge >= 0.3 is 5.82 Å². The largest absolute Gasteiger partial charge is 0.389 e. The summed E-state index contributed by atoms with van der Waals surface area (Å²) in [7, 11) is 0. The maximum Gasteiger partial charge on any atom is 0.389 e. The van der Waals surface area contributed by atoms with E-state index in [-0.39, 0.29) is 5.82 Å². The van der Waals surface area contributed by atoms with Crippen LogP contribution in [0.25, 0.3) is 0 Å². The van der Waals surface area contributed by atoms with Crippen molar-refractivity contribution in [2.24, 2.45) is 0 Å². The Labute approximate surface area is 96.9 Å². The van der Waals surface area contributed by atoms with Crippen molar-refractivity contribution < 1.29 is 4.92 Å². The van der Waals surface area contributed by atoms with E-state index in [2.05, 4.69) is 11.2 Å². The highest BCUT2D eigenvalue weighted by molar-refractivity contribution is 5.37. The fraction of sp³-hybridized carbons (Fsp3) is 0.0909. The summed E-state index contributed by atoms with van der Waals surface area (Å²) in [6, 6.07) is 10.5. The molecule has 6 nitrogen and oxygen atoms in total. The van der Waals surface area contributed by atoms with Crippen LogP contribution in [-0.4, -0.2) is 14.7 Å². The first-order valence-electron chi connectivity index (χ1n) is 4.86. The molecule has 6 heteroatoms. The van der Waals surface area contributed by atoms with Gasteiger partial charge in [0.15, 0.2) is 0 Å². The number of nitro groups is 1. The average molecular weight is 228 g/mol. The highest BCUT2D eigenvalue weighted by Gasteiger charge is 2.11. The van der Waals surface area contributed by atoms with E-state index in [0.717, 1.165) is 5.56 Å². The van der Waals surface area contributed by atoms with Crippen LogP contribution in [0.1, 0.15) is 11.1 Å². The summed E-state index contributed by atoms with van der Waals surface area (Å²) in [6.07, 6.45) is 1.52. The third kappa shape index (κ3) is 2.29. The minimum absolute atomic E-state index is 0.195. The molecule has 0 radical (unpaired) electrons. The molecule has 0 unspecified atom stereocenters. The predicted molar refractivity (Wildman–Crippen MR) is 59.1 cm³/mol. The van der Waals surface area contributed by atoms with Crippen LogP contribution in [0.2, 0.25) is 0 Å². The first-order valence-corrected chi connectivity index (χ1v) is 4.86.